The summed E-state index contributed by atoms with van der Waals surface area (Å²) in [6.45, 7) is 2.70. The zero-order chi connectivity index (χ0) is 18.6. The highest BCUT2D eigenvalue weighted by Crippen LogP contribution is 2.29. The minimum Gasteiger partial charge on any atom is -0.358 e. The SMILES string of the molecule is CCNS(=O)(=O)c1ccc(N2CN=CC=C2N(C)C2CCCCC2)cc1. The first-order chi connectivity index (χ1) is 12.5. The van der Waals surface area contributed by atoms with Gasteiger partial charge in [0, 0.05) is 31.5 Å². The van der Waals surface area contributed by atoms with Crippen molar-refractivity contribution in [2.45, 2.75) is 50.0 Å². The van der Waals surface area contributed by atoms with Crippen LogP contribution in [-0.4, -0.2) is 45.8 Å². The Morgan fingerprint density at radius 1 is 1.19 bits per heavy atom. The molecule has 0 bridgehead atoms. The van der Waals surface area contributed by atoms with Crippen LogP contribution < -0.4 is 9.62 Å². The second-order valence-electron chi connectivity index (χ2n) is 6.82. The van der Waals surface area contributed by atoms with Crippen molar-refractivity contribution >= 4 is 21.9 Å². The average molecular weight is 377 g/mol. The Morgan fingerprint density at radius 2 is 1.88 bits per heavy atom. The number of anilines is 1. The van der Waals surface area contributed by atoms with Gasteiger partial charge in [-0.15, -0.1) is 0 Å². The molecule has 1 aliphatic heterocycles. The van der Waals surface area contributed by atoms with Gasteiger partial charge in [-0.2, -0.15) is 0 Å². The monoisotopic (exact) mass is 376 g/mol. The first-order valence-electron chi connectivity index (χ1n) is 9.33. The number of benzene rings is 1. The van der Waals surface area contributed by atoms with Gasteiger partial charge in [-0.1, -0.05) is 26.2 Å². The molecule has 1 N–H and O–H groups in total. The Morgan fingerprint density at radius 3 is 2.54 bits per heavy atom. The average Bonchev–Trinajstić information content (AvgIpc) is 2.68. The fraction of sp³-hybridized carbons (Fsp3) is 0.526. The lowest BCUT2D eigenvalue weighted by Crippen LogP contribution is -2.41. The van der Waals surface area contributed by atoms with E-state index in [1.165, 1.54) is 32.1 Å². The Balaban J connectivity index is 1.81. The van der Waals surface area contributed by atoms with E-state index < -0.39 is 10.0 Å². The Hall–Kier alpha value is -1.86. The van der Waals surface area contributed by atoms with Crippen LogP contribution in [0.15, 0.2) is 46.1 Å². The Bertz CT molecular complexity index is 765. The quantitative estimate of drug-likeness (QED) is 0.829. The molecule has 6 nitrogen and oxygen atoms in total. The zero-order valence-electron chi connectivity index (χ0n) is 15.6. The third-order valence-electron chi connectivity index (χ3n) is 5.11. The second-order valence-corrected chi connectivity index (χ2v) is 8.59. The molecule has 1 aliphatic carbocycles. The lowest BCUT2D eigenvalue weighted by Gasteiger charge is -2.40. The summed E-state index contributed by atoms with van der Waals surface area (Å²) in [5.41, 5.74) is 0.950. The number of nitrogens with one attached hydrogen (secondary N) is 1. The molecule has 7 heteroatoms. The number of allylic oxidation sites excluding steroid dienone is 1. The molecule has 1 fully saturated rings. The standard InChI is InChI=1S/C19H28N4O2S/c1-3-21-26(24,25)18-11-9-17(10-12-18)23-15-20-14-13-19(23)22(2)16-7-5-4-6-8-16/h9-14,16,21H,3-8,15H2,1-2H3. The lowest BCUT2D eigenvalue weighted by atomic mass is 9.94. The minimum absolute atomic E-state index is 0.287. The van der Waals surface area contributed by atoms with Crippen molar-refractivity contribution in [1.82, 2.24) is 9.62 Å². The van der Waals surface area contributed by atoms with E-state index in [9.17, 15) is 8.42 Å². The first-order valence-corrected chi connectivity index (χ1v) is 10.8. The maximum absolute atomic E-state index is 12.1. The van der Waals surface area contributed by atoms with Crippen LogP contribution in [0.3, 0.4) is 0 Å². The van der Waals surface area contributed by atoms with E-state index in [2.05, 4.69) is 26.6 Å². The van der Waals surface area contributed by atoms with Crippen LogP contribution in [0.4, 0.5) is 5.69 Å². The van der Waals surface area contributed by atoms with Crippen LogP contribution in [0, 0.1) is 0 Å². The number of aliphatic imine (C=N–C) groups is 1. The molecule has 0 spiro atoms. The van der Waals surface area contributed by atoms with Crippen molar-refractivity contribution < 1.29 is 8.42 Å². The van der Waals surface area contributed by atoms with Crippen LogP contribution in [-0.2, 0) is 10.0 Å². The molecule has 0 amide bonds. The summed E-state index contributed by atoms with van der Waals surface area (Å²) in [5, 5.41) is 0. The third-order valence-corrected chi connectivity index (χ3v) is 6.67. The highest BCUT2D eigenvalue weighted by Gasteiger charge is 2.25. The van der Waals surface area contributed by atoms with Crippen LogP contribution in [0.5, 0.6) is 0 Å². The molecule has 2 aliphatic rings. The molecule has 0 atom stereocenters. The summed E-state index contributed by atoms with van der Waals surface area (Å²) in [6.07, 6.45) is 10.2. The van der Waals surface area contributed by atoms with Crippen molar-refractivity contribution in [2.75, 3.05) is 25.2 Å². The fourth-order valence-corrected chi connectivity index (χ4v) is 4.71. The summed E-state index contributed by atoms with van der Waals surface area (Å²) >= 11 is 0. The summed E-state index contributed by atoms with van der Waals surface area (Å²) in [5.74, 6) is 1.12. The van der Waals surface area contributed by atoms with E-state index in [0.29, 0.717) is 19.3 Å². The van der Waals surface area contributed by atoms with Crippen molar-refractivity contribution in [3.05, 3.63) is 36.2 Å². The van der Waals surface area contributed by atoms with E-state index in [0.717, 1.165) is 11.5 Å². The largest absolute Gasteiger partial charge is 0.358 e. The summed E-state index contributed by atoms with van der Waals surface area (Å²) in [6, 6.07) is 7.58. The van der Waals surface area contributed by atoms with E-state index >= 15 is 0 Å². The molecule has 0 aromatic heterocycles. The van der Waals surface area contributed by atoms with Gasteiger partial charge in [-0.05, 0) is 43.2 Å². The van der Waals surface area contributed by atoms with Crippen molar-refractivity contribution in [3.63, 3.8) is 0 Å². The van der Waals surface area contributed by atoms with E-state index in [1.807, 2.05) is 24.4 Å². The second kappa shape index (κ2) is 8.22. The molecular formula is C19H28N4O2S. The van der Waals surface area contributed by atoms with Crippen molar-refractivity contribution in [1.29, 1.82) is 0 Å². The predicted octanol–water partition coefficient (Wildman–Crippen LogP) is 2.94. The van der Waals surface area contributed by atoms with Gasteiger partial charge in [0.1, 0.15) is 12.5 Å². The van der Waals surface area contributed by atoms with Crippen molar-refractivity contribution in [2.24, 2.45) is 4.99 Å². The number of sulfonamides is 1. The van der Waals surface area contributed by atoms with Crippen LogP contribution in [0.1, 0.15) is 39.0 Å². The molecule has 142 valence electrons. The van der Waals surface area contributed by atoms with Crippen LogP contribution >= 0.6 is 0 Å². The summed E-state index contributed by atoms with van der Waals surface area (Å²) in [4.78, 5) is 9.16. The van der Waals surface area contributed by atoms with E-state index in [1.54, 1.807) is 19.1 Å². The molecule has 26 heavy (non-hydrogen) atoms. The molecular weight excluding hydrogens is 348 g/mol. The van der Waals surface area contributed by atoms with Gasteiger partial charge < -0.3 is 9.80 Å². The smallest absolute Gasteiger partial charge is 0.240 e. The van der Waals surface area contributed by atoms with Gasteiger partial charge in [0.05, 0.1) is 4.90 Å². The van der Waals surface area contributed by atoms with Crippen molar-refractivity contribution in [3.8, 4) is 0 Å². The molecule has 0 unspecified atom stereocenters. The Kier molecular flexibility index (Phi) is 5.98. The number of hydrogen-bond acceptors (Lipinski definition) is 5. The third kappa shape index (κ3) is 4.10. The molecule has 1 aromatic rings. The van der Waals surface area contributed by atoms with Gasteiger partial charge in [-0.25, -0.2) is 13.1 Å². The highest BCUT2D eigenvalue weighted by atomic mass is 32.2. The van der Waals surface area contributed by atoms with Crippen LogP contribution in [0.2, 0.25) is 0 Å². The highest BCUT2D eigenvalue weighted by molar-refractivity contribution is 7.89. The van der Waals surface area contributed by atoms with Gasteiger partial charge in [0.15, 0.2) is 0 Å². The molecule has 1 heterocycles. The zero-order valence-corrected chi connectivity index (χ0v) is 16.4. The molecule has 0 saturated heterocycles. The minimum atomic E-state index is -3.43. The van der Waals surface area contributed by atoms with Gasteiger partial charge in [0.2, 0.25) is 10.0 Å². The Labute approximate surface area is 156 Å². The number of hydrogen-bond donors (Lipinski definition) is 1. The van der Waals surface area contributed by atoms with E-state index in [-0.39, 0.29) is 4.90 Å². The summed E-state index contributed by atoms with van der Waals surface area (Å²) < 4.78 is 26.8. The number of nitrogens with zero attached hydrogens (tertiary/aromatic N) is 3. The number of rotatable bonds is 6. The maximum atomic E-state index is 12.1. The predicted molar refractivity (Wildman–Crippen MR) is 106 cm³/mol. The molecule has 1 aromatic carbocycles. The summed E-state index contributed by atoms with van der Waals surface area (Å²) in [7, 11) is -1.28. The first kappa shape index (κ1) is 18.9. The lowest BCUT2D eigenvalue weighted by molar-refractivity contribution is 0.231. The fourth-order valence-electron chi connectivity index (χ4n) is 3.67. The molecule has 3 rings (SSSR count). The van der Waals surface area contributed by atoms with Gasteiger partial charge >= 0.3 is 0 Å². The van der Waals surface area contributed by atoms with E-state index in [4.69, 9.17) is 0 Å². The van der Waals surface area contributed by atoms with Crippen LogP contribution in [0.25, 0.3) is 0 Å². The van der Waals surface area contributed by atoms with Gasteiger partial charge in [0.25, 0.3) is 0 Å². The maximum Gasteiger partial charge on any atom is 0.240 e. The van der Waals surface area contributed by atoms with Gasteiger partial charge in [-0.3, -0.25) is 4.99 Å². The molecule has 0 radical (unpaired) electrons. The normalized spacial score (nSPS) is 18.7. The topological polar surface area (TPSA) is 65.0 Å². The molecule has 1 saturated carbocycles.